The summed E-state index contributed by atoms with van der Waals surface area (Å²) in [7, 11) is 2.27. The monoisotopic (exact) mass is 198 g/mol. The largest absolute Gasteiger partial charge is 0.330 e. The van der Waals surface area contributed by atoms with Gasteiger partial charge in [0, 0.05) is 6.04 Å². The lowest BCUT2D eigenvalue weighted by atomic mass is 9.82. The molecule has 14 heavy (non-hydrogen) atoms. The molecule has 0 heterocycles. The van der Waals surface area contributed by atoms with E-state index in [0.717, 1.165) is 24.9 Å². The van der Waals surface area contributed by atoms with Crippen molar-refractivity contribution in [2.45, 2.75) is 51.5 Å². The molecule has 2 nitrogen and oxygen atoms in total. The summed E-state index contributed by atoms with van der Waals surface area (Å²) in [6, 6.07) is 0.834. The molecule has 0 saturated heterocycles. The van der Waals surface area contributed by atoms with Crippen LogP contribution in [0.3, 0.4) is 0 Å². The first-order valence-electron chi connectivity index (χ1n) is 6.20. The van der Waals surface area contributed by atoms with Crippen LogP contribution in [0.5, 0.6) is 0 Å². The molecule has 2 atom stereocenters. The van der Waals surface area contributed by atoms with Crippen molar-refractivity contribution in [3.8, 4) is 0 Å². The zero-order valence-corrected chi connectivity index (χ0v) is 9.84. The third-order valence-corrected chi connectivity index (χ3v) is 3.67. The predicted molar refractivity (Wildman–Crippen MR) is 62.3 cm³/mol. The SMILES string of the molecule is CCC1CCCCC1N(C)CCCN. The van der Waals surface area contributed by atoms with Gasteiger partial charge in [-0.1, -0.05) is 26.2 Å². The molecule has 2 N–H and O–H groups in total. The maximum atomic E-state index is 5.55. The second kappa shape index (κ2) is 6.41. The van der Waals surface area contributed by atoms with Gasteiger partial charge in [0.15, 0.2) is 0 Å². The summed E-state index contributed by atoms with van der Waals surface area (Å²) in [5.41, 5.74) is 5.55. The number of hydrogen-bond acceptors (Lipinski definition) is 2. The van der Waals surface area contributed by atoms with Crippen molar-refractivity contribution in [1.29, 1.82) is 0 Å². The molecule has 0 aromatic rings. The molecular weight excluding hydrogens is 172 g/mol. The van der Waals surface area contributed by atoms with Crippen LogP contribution in [0.15, 0.2) is 0 Å². The van der Waals surface area contributed by atoms with Gasteiger partial charge in [0.1, 0.15) is 0 Å². The van der Waals surface area contributed by atoms with E-state index in [1.807, 2.05) is 0 Å². The molecule has 1 fully saturated rings. The molecule has 0 amide bonds. The van der Waals surface area contributed by atoms with E-state index in [2.05, 4.69) is 18.9 Å². The predicted octanol–water partition coefficient (Wildman–Crippen LogP) is 2.24. The van der Waals surface area contributed by atoms with Crippen molar-refractivity contribution in [3.63, 3.8) is 0 Å². The Morgan fingerprint density at radius 3 is 2.64 bits per heavy atom. The van der Waals surface area contributed by atoms with E-state index in [9.17, 15) is 0 Å². The highest BCUT2D eigenvalue weighted by Crippen LogP contribution is 2.29. The molecule has 0 aliphatic heterocycles. The van der Waals surface area contributed by atoms with Gasteiger partial charge in [0.05, 0.1) is 0 Å². The molecule has 0 aromatic heterocycles. The van der Waals surface area contributed by atoms with Crippen LogP contribution in [-0.2, 0) is 0 Å². The fourth-order valence-electron chi connectivity index (χ4n) is 2.75. The normalized spacial score (nSPS) is 28.3. The van der Waals surface area contributed by atoms with Crippen LogP contribution in [0.2, 0.25) is 0 Å². The molecule has 1 aliphatic carbocycles. The minimum atomic E-state index is 0.827. The quantitative estimate of drug-likeness (QED) is 0.734. The van der Waals surface area contributed by atoms with Gasteiger partial charge in [-0.05, 0) is 45.3 Å². The summed E-state index contributed by atoms with van der Waals surface area (Å²) < 4.78 is 0. The smallest absolute Gasteiger partial charge is 0.0120 e. The van der Waals surface area contributed by atoms with Gasteiger partial charge in [-0.2, -0.15) is 0 Å². The highest BCUT2D eigenvalue weighted by molar-refractivity contribution is 4.81. The van der Waals surface area contributed by atoms with Crippen molar-refractivity contribution < 1.29 is 0 Å². The Morgan fingerprint density at radius 2 is 2.00 bits per heavy atom. The van der Waals surface area contributed by atoms with E-state index in [1.165, 1.54) is 38.6 Å². The average molecular weight is 198 g/mol. The molecule has 2 heteroatoms. The Morgan fingerprint density at radius 1 is 1.29 bits per heavy atom. The van der Waals surface area contributed by atoms with E-state index in [-0.39, 0.29) is 0 Å². The number of nitrogens with two attached hydrogens (primary N) is 1. The second-order valence-corrected chi connectivity index (χ2v) is 4.64. The fraction of sp³-hybridized carbons (Fsp3) is 1.00. The summed E-state index contributed by atoms with van der Waals surface area (Å²) >= 11 is 0. The van der Waals surface area contributed by atoms with Crippen LogP contribution in [0.25, 0.3) is 0 Å². The molecule has 1 rings (SSSR count). The zero-order chi connectivity index (χ0) is 10.4. The summed E-state index contributed by atoms with van der Waals surface area (Å²) in [6.45, 7) is 4.34. The Bertz CT molecular complexity index is 147. The molecule has 84 valence electrons. The summed E-state index contributed by atoms with van der Waals surface area (Å²) in [4.78, 5) is 2.54. The van der Waals surface area contributed by atoms with Gasteiger partial charge in [-0.15, -0.1) is 0 Å². The minimum Gasteiger partial charge on any atom is -0.330 e. The van der Waals surface area contributed by atoms with E-state index in [0.29, 0.717) is 0 Å². The minimum absolute atomic E-state index is 0.827. The van der Waals surface area contributed by atoms with Crippen LogP contribution < -0.4 is 5.73 Å². The summed E-state index contributed by atoms with van der Waals surface area (Å²) in [5.74, 6) is 0.937. The highest BCUT2D eigenvalue weighted by atomic mass is 15.1. The Balaban J connectivity index is 2.37. The second-order valence-electron chi connectivity index (χ2n) is 4.64. The average Bonchev–Trinajstić information content (AvgIpc) is 2.25. The van der Waals surface area contributed by atoms with Crippen molar-refractivity contribution in [2.75, 3.05) is 20.1 Å². The number of nitrogens with zero attached hydrogens (tertiary/aromatic N) is 1. The first-order chi connectivity index (χ1) is 6.79. The van der Waals surface area contributed by atoms with E-state index in [1.54, 1.807) is 0 Å². The van der Waals surface area contributed by atoms with Crippen LogP contribution >= 0.6 is 0 Å². The summed E-state index contributed by atoms with van der Waals surface area (Å²) in [6.07, 6.45) is 8.20. The standard InChI is InChI=1S/C12H26N2/c1-3-11-7-4-5-8-12(11)14(2)10-6-9-13/h11-12H,3-10,13H2,1-2H3. The van der Waals surface area contributed by atoms with E-state index >= 15 is 0 Å². The maximum Gasteiger partial charge on any atom is 0.0120 e. The van der Waals surface area contributed by atoms with Crippen molar-refractivity contribution in [2.24, 2.45) is 11.7 Å². The fourth-order valence-corrected chi connectivity index (χ4v) is 2.75. The first kappa shape index (κ1) is 12.0. The van der Waals surface area contributed by atoms with Crippen LogP contribution in [-0.4, -0.2) is 31.1 Å². The lowest BCUT2D eigenvalue weighted by Gasteiger charge is -2.37. The highest BCUT2D eigenvalue weighted by Gasteiger charge is 2.26. The molecule has 0 spiro atoms. The zero-order valence-electron chi connectivity index (χ0n) is 9.84. The van der Waals surface area contributed by atoms with Crippen LogP contribution in [0.1, 0.15) is 45.4 Å². The third-order valence-electron chi connectivity index (χ3n) is 3.67. The molecule has 0 bridgehead atoms. The van der Waals surface area contributed by atoms with Gasteiger partial charge < -0.3 is 10.6 Å². The van der Waals surface area contributed by atoms with Crippen molar-refractivity contribution >= 4 is 0 Å². The topological polar surface area (TPSA) is 29.3 Å². The molecular formula is C12H26N2. The van der Waals surface area contributed by atoms with E-state index < -0.39 is 0 Å². The number of rotatable bonds is 5. The molecule has 1 aliphatic rings. The van der Waals surface area contributed by atoms with Crippen LogP contribution in [0.4, 0.5) is 0 Å². The van der Waals surface area contributed by atoms with Crippen molar-refractivity contribution in [1.82, 2.24) is 4.90 Å². The van der Waals surface area contributed by atoms with Crippen LogP contribution in [0, 0.1) is 5.92 Å². The van der Waals surface area contributed by atoms with E-state index in [4.69, 9.17) is 5.73 Å². The lowest BCUT2D eigenvalue weighted by Crippen LogP contribution is -2.40. The summed E-state index contributed by atoms with van der Waals surface area (Å²) in [5, 5.41) is 0. The first-order valence-corrected chi connectivity index (χ1v) is 6.20. The van der Waals surface area contributed by atoms with Gasteiger partial charge in [0.2, 0.25) is 0 Å². The Labute approximate surface area is 88.8 Å². The Kier molecular flexibility index (Phi) is 5.49. The van der Waals surface area contributed by atoms with Gasteiger partial charge in [-0.3, -0.25) is 0 Å². The lowest BCUT2D eigenvalue weighted by molar-refractivity contribution is 0.126. The van der Waals surface area contributed by atoms with Crippen molar-refractivity contribution in [3.05, 3.63) is 0 Å². The molecule has 2 unspecified atom stereocenters. The third kappa shape index (κ3) is 3.25. The molecule has 0 aromatic carbocycles. The Hall–Kier alpha value is -0.0800. The van der Waals surface area contributed by atoms with Gasteiger partial charge >= 0.3 is 0 Å². The van der Waals surface area contributed by atoms with Gasteiger partial charge in [0.25, 0.3) is 0 Å². The number of hydrogen-bond donors (Lipinski definition) is 1. The molecule has 1 saturated carbocycles. The maximum absolute atomic E-state index is 5.55. The molecule has 0 radical (unpaired) electrons. The van der Waals surface area contributed by atoms with Gasteiger partial charge in [-0.25, -0.2) is 0 Å².